The Balaban J connectivity index is 1.33. The van der Waals surface area contributed by atoms with Gasteiger partial charge in [-0.2, -0.15) is 5.10 Å². The van der Waals surface area contributed by atoms with Crippen LogP contribution in [0.1, 0.15) is 30.7 Å². The van der Waals surface area contributed by atoms with Crippen LogP contribution in [0.25, 0.3) is 0 Å². The second-order valence-electron chi connectivity index (χ2n) is 8.16. The summed E-state index contributed by atoms with van der Waals surface area (Å²) in [4.78, 5) is 15.5. The Labute approximate surface area is 207 Å². The van der Waals surface area contributed by atoms with Crippen molar-refractivity contribution in [3.8, 4) is 5.75 Å². The van der Waals surface area contributed by atoms with E-state index in [9.17, 15) is 4.79 Å². The molecule has 0 aliphatic carbocycles. The highest BCUT2D eigenvalue weighted by Crippen LogP contribution is 2.34. The number of furan rings is 1. The molecule has 2 aliphatic rings. The largest absolute Gasteiger partial charge is 0.497 e. The van der Waals surface area contributed by atoms with E-state index in [1.165, 1.54) is 11.8 Å². The summed E-state index contributed by atoms with van der Waals surface area (Å²) in [5, 5.41) is 15.7. The van der Waals surface area contributed by atoms with Crippen LogP contribution in [0.2, 0.25) is 0 Å². The number of morpholine rings is 1. The van der Waals surface area contributed by atoms with Crippen molar-refractivity contribution in [1.82, 2.24) is 19.8 Å². The molecule has 11 heteroatoms. The van der Waals surface area contributed by atoms with Crippen LogP contribution in [0.3, 0.4) is 0 Å². The molecule has 35 heavy (non-hydrogen) atoms. The molecular formula is C24H28N6O4S. The molecule has 1 atom stereocenters. The summed E-state index contributed by atoms with van der Waals surface area (Å²) in [5.41, 5.74) is 1.78. The molecule has 5 rings (SSSR count). The van der Waals surface area contributed by atoms with Crippen molar-refractivity contribution < 1.29 is 18.7 Å². The van der Waals surface area contributed by atoms with Gasteiger partial charge in [-0.1, -0.05) is 11.8 Å². The third-order valence-corrected chi connectivity index (χ3v) is 7.04. The Morgan fingerprint density at radius 1 is 1.17 bits per heavy atom. The fraction of sp³-hybridized carbons (Fsp3) is 0.417. The van der Waals surface area contributed by atoms with Gasteiger partial charge < -0.3 is 18.8 Å². The molecule has 1 unspecified atom stereocenters. The summed E-state index contributed by atoms with van der Waals surface area (Å²) in [7, 11) is 1.64. The maximum Gasteiger partial charge on any atom is 0.253 e. The van der Waals surface area contributed by atoms with Gasteiger partial charge in [-0.3, -0.25) is 9.36 Å². The van der Waals surface area contributed by atoms with Gasteiger partial charge in [0.15, 0.2) is 5.16 Å². The van der Waals surface area contributed by atoms with Crippen molar-refractivity contribution >= 4 is 29.3 Å². The number of benzene rings is 1. The van der Waals surface area contributed by atoms with Crippen LogP contribution < -0.4 is 9.64 Å². The highest BCUT2D eigenvalue weighted by molar-refractivity contribution is 7.99. The Morgan fingerprint density at radius 2 is 1.97 bits per heavy atom. The van der Waals surface area contributed by atoms with Crippen LogP contribution in [-0.2, 0) is 16.1 Å². The van der Waals surface area contributed by atoms with Crippen molar-refractivity contribution in [3.05, 3.63) is 54.0 Å². The van der Waals surface area contributed by atoms with E-state index in [-0.39, 0.29) is 17.7 Å². The van der Waals surface area contributed by atoms with Gasteiger partial charge in [-0.05, 0) is 48.9 Å². The number of anilines is 1. The van der Waals surface area contributed by atoms with Crippen LogP contribution in [0.15, 0.2) is 57.3 Å². The molecule has 0 N–H and O–H groups in total. The zero-order chi connectivity index (χ0) is 24.2. The molecule has 1 aromatic carbocycles. The molecule has 2 aliphatic heterocycles. The number of carbonyl (C=O) groups excluding carboxylic acids is 1. The van der Waals surface area contributed by atoms with Gasteiger partial charge in [0, 0.05) is 26.1 Å². The normalized spacial score (nSPS) is 18.1. The van der Waals surface area contributed by atoms with Crippen molar-refractivity contribution in [2.75, 3.05) is 44.1 Å². The van der Waals surface area contributed by atoms with Crippen molar-refractivity contribution in [3.63, 3.8) is 0 Å². The third kappa shape index (κ3) is 4.92. The lowest BCUT2D eigenvalue weighted by atomic mass is 10.0. The van der Waals surface area contributed by atoms with Crippen LogP contribution in [-0.4, -0.2) is 70.6 Å². The standard InChI is InChI=1S/C24H28N6O4S/c1-3-29-23(28-10-13-33-14-11-28)25-26-24(29)35-16-22(31)30-20(21-5-4-12-34-21)15-19(27-30)17-6-8-18(32-2)9-7-17/h4-9,12,20H,3,10-11,13-16H2,1-2H3. The fourth-order valence-electron chi connectivity index (χ4n) is 4.25. The van der Waals surface area contributed by atoms with Crippen LogP contribution in [0, 0.1) is 0 Å². The van der Waals surface area contributed by atoms with E-state index in [0.29, 0.717) is 31.9 Å². The number of aromatic nitrogens is 3. The third-order valence-electron chi connectivity index (χ3n) is 6.09. The van der Waals surface area contributed by atoms with Crippen molar-refractivity contribution in [1.29, 1.82) is 0 Å². The zero-order valence-electron chi connectivity index (χ0n) is 19.8. The first-order chi connectivity index (χ1) is 17.2. The maximum absolute atomic E-state index is 13.4. The lowest BCUT2D eigenvalue weighted by Gasteiger charge is -2.27. The zero-order valence-corrected chi connectivity index (χ0v) is 20.6. The minimum atomic E-state index is -0.289. The summed E-state index contributed by atoms with van der Waals surface area (Å²) in [6, 6.07) is 11.1. The van der Waals surface area contributed by atoms with Gasteiger partial charge in [0.05, 0.1) is 38.1 Å². The van der Waals surface area contributed by atoms with Gasteiger partial charge in [0.2, 0.25) is 5.95 Å². The van der Waals surface area contributed by atoms with E-state index >= 15 is 0 Å². The molecule has 184 valence electrons. The molecule has 1 saturated heterocycles. The average molecular weight is 497 g/mol. The molecule has 3 aromatic rings. The van der Waals surface area contributed by atoms with Crippen LogP contribution in [0.5, 0.6) is 5.75 Å². The summed E-state index contributed by atoms with van der Waals surface area (Å²) >= 11 is 1.38. The minimum absolute atomic E-state index is 0.113. The molecule has 0 spiro atoms. The van der Waals surface area contributed by atoms with Gasteiger partial charge >= 0.3 is 0 Å². The number of hydrazone groups is 1. The van der Waals surface area contributed by atoms with Gasteiger partial charge in [-0.25, -0.2) is 5.01 Å². The molecule has 0 radical (unpaired) electrons. The van der Waals surface area contributed by atoms with E-state index in [4.69, 9.17) is 19.0 Å². The predicted molar refractivity (Wildman–Crippen MR) is 132 cm³/mol. The number of nitrogens with zero attached hydrogens (tertiary/aromatic N) is 6. The lowest BCUT2D eigenvalue weighted by molar-refractivity contribution is -0.130. The molecular weight excluding hydrogens is 468 g/mol. The first-order valence-corrected chi connectivity index (χ1v) is 12.6. The summed E-state index contributed by atoms with van der Waals surface area (Å²) in [6.45, 7) is 5.68. The fourth-order valence-corrected chi connectivity index (χ4v) is 5.10. The number of hydrogen-bond acceptors (Lipinski definition) is 9. The number of thioether (sulfide) groups is 1. The number of rotatable bonds is 8. The Hall–Kier alpha value is -3.31. The van der Waals surface area contributed by atoms with E-state index in [2.05, 4.69) is 22.0 Å². The Kier molecular flexibility index (Phi) is 7.05. The first kappa shape index (κ1) is 23.4. The molecule has 2 aromatic heterocycles. The molecule has 0 bridgehead atoms. The van der Waals surface area contributed by atoms with Crippen LogP contribution >= 0.6 is 11.8 Å². The van der Waals surface area contributed by atoms with Crippen LogP contribution in [0.4, 0.5) is 5.95 Å². The maximum atomic E-state index is 13.4. The quantitative estimate of drug-likeness (QED) is 0.439. The molecule has 0 saturated carbocycles. The SMILES string of the molecule is CCn1c(SCC(=O)N2N=C(c3ccc(OC)cc3)CC2c2ccco2)nnc1N1CCOCC1. The second-order valence-corrected chi connectivity index (χ2v) is 9.11. The Morgan fingerprint density at radius 3 is 2.66 bits per heavy atom. The summed E-state index contributed by atoms with van der Waals surface area (Å²) in [6.07, 6.45) is 2.19. The molecule has 4 heterocycles. The predicted octanol–water partition coefficient (Wildman–Crippen LogP) is 3.21. The topological polar surface area (TPSA) is 98.2 Å². The van der Waals surface area contributed by atoms with Gasteiger partial charge in [0.25, 0.3) is 5.91 Å². The Bertz CT molecular complexity index is 1170. The molecule has 1 amide bonds. The number of ether oxygens (including phenoxy) is 2. The number of methoxy groups -OCH3 is 1. The molecule has 10 nitrogen and oxygen atoms in total. The smallest absolute Gasteiger partial charge is 0.253 e. The van der Waals surface area contributed by atoms with E-state index in [1.807, 2.05) is 41.0 Å². The summed E-state index contributed by atoms with van der Waals surface area (Å²) in [5.74, 6) is 2.38. The van der Waals surface area contributed by atoms with Crippen molar-refractivity contribution in [2.24, 2.45) is 5.10 Å². The number of hydrogen-bond donors (Lipinski definition) is 0. The lowest BCUT2D eigenvalue weighted by Crippen LogP contribution is -2.38. The van der Waals surface area contributed by atoms with Gasteiger partial charge in [-0.15, -0.1) is 10.2 Å². The van der Waals surface area contributed by atoms with E-state index in [1.54, 1.807) is 18.4 Å². The average Bonchev–Trinajstić information content (AvgIpc) is 3.67. The second kappa shape index (κ2) is 10.5. The van der Waals surface area contributed by atoms with Crippen molar-refractivity contribution in [2.45, 2.75) is 31.1 Å². The minimum Gasteiger partial charge on any atom is -0.497 e. The summed E-state index contributed by atoms with van der Waals surface area (Å²) < 4.78 is 18.4. The monoisotopic (exact) mass is 496 g/mol. The highest BCUT2D eigenvalue weighted by atomic mass is 32.2. The van der Waals surface area contributed by atoms with E-state index < -0.39 is 0 Å². The molecule has 1 fully saturated rings. The first-order valence-electron chi connectivity index (χ1n) is 11.6. The number of carbonyl (C=O) groups is 1. The highest BCUT2D eigenvalue weighted by Gasteiger charge is 2.35. The number of amides is 1. The van der Waals surface area contributed by atoms with E-state index in [0.717, 1.165) is 41.2 Å². The van der Waals surface area contributed by atoms with Gasteiger partial charge in [0.1, 0.15) is 17.6 Å².